The average Bonchev–Trinajstić information content (AvgIpc) is 1.94. The summed E-state index contributed by atoms with van der Waals surface area (Å²) in [5.74, 6) is 0.566. The first kappa shape index (κ1) is 8.31. The average molecular weight is 153 g/mol. The maximum absolute atomic E-state index is 11.4. The summed E-state index contributed by atoms with van der Waals surface area (Å²) < 4.78 is 0. The topological polar surface area (TPSA) is 20.3 Å². The van der Waals surface area contributed by atoms with E-state index in [2.05, 4.69) is 19.9 Å². The molecule has 1 amide bonds. The minimum atomic E-state index is 0.200. The lowest BCUT2D eigenvalue weighted by atomic mass is 9.98. The predicted molar refractivity (Wildman–Crippen MR) is 45.2 cm³/mol. The number of amides is 1. The highest BCUT2D eigenvalue weighted by Crippen LogP contribution is 2.17. The lowest BCUT2D eigenvalue weighted by Gasteiger charge is -2.24. The van der Waals surface area contributed by atoms with E-state index < -0.39 is 0 Å². The van der Waals surface area contributed by atoms with E-state index in [0.717, 1.165) is 18.5 Å². The van der Waals surface area contributed by atoms with Crippen molar-refractivity contribution in [3.8, 4) is 0 Å². The van der Waals surface area contributed by atoms with Crippen LogP contribution in [0.3, 0.4) is 0 Å². The van der Waals surface area contributed by atoms with Gasteiger partial charge in [-0.05, 0) is 12.3 Å². The standard InChI is InChI=1S/C9H15NO/c1-7(2)8-5-4-6-10(3)9(8)11/h5,7H,4,6H2,1-3H3. The van der Waals surface area contributed by atoms with Crippen LogP contribution < -0.4 is 0 Å². The molecule has 62 valence electrons. The van der Waals surface area contributed by atoms with Crippen molar-refractivity contribution < 1.29 is 4.79 Å². The van der Waals surface area contributed by atoms with Crippen LogP contribution in [0, 0.1) is 5.92 Å². The first-order valence-electron chi connectivity index (χ1n) is 4.08. The van der Waals surface area contributed by atoms with Crippen molar-refractivity contribution in [1.29, 1.82) is 0 Å². The zero-order valence-corrected chi connectivity index (χ0v) is 7.42. The summed E-state index contributed by atoms with van der Waals surface area (Å²) in [6.07, 6.45) is 3.07. The number of hydrogen-bond acceptors (Lipinski definition) is 1. The second kappa shape index (κ2) is 3.07. The summed E-state index contributed by atoms with van der Waals surface area (Å²) in [6.45, 7) is 4.99. The molecule has 0 bridgehead atoms. The van der Waals surface area contributed by atoms with Gasteiger partial charge >= 0.3 is 0 Å². The molecule has 2 nitrogen and oxygen atoms in total. The van der Waals surface area contributed by atoms with Gasteiger partial charge in [0.2, 0.25) is 5.91 Å². The van der Waals surface area contributed by atoms with Gasteiger partial charge in [-0.2, -0.15) is 0 Å². The molecule has 0 spiro atoms. The number of hydrogen-bond donors (Lipinski definition) is 0. The Hall–Kier alpha value is -0.790. The van der Waals surface area contributed by atoms with Gasteiger partial charge in [-0.3, -0.25) is 4.79 Å². The summed E-state index contributed by atoms with van der Waals surface area (Å²) >= 11 is 0. The van der Waals surface area contributed by atoms with Gasteiger partial charge in [0.1, 0.15) is 0 Å². The minimum absolute atomic E-state index is 0.200. The lowest BCUT2D eigenvalue weighted by molar-refractivity contribution is -0.126. The molecule has 1 aliphatic heterocycles. The van der Waals surface area contributed by atoms with E-state index in [9.17, 15) is 4.79 Å². The molecule has 0 atom stereocenters. The zero-order valence-electron chi connectivity index (χ0n) is 7.42. The largest absolute Gasteiger partial charge is 0.342 e. The van der Waals surface area contributed by atoms with E-state index >= 15 is 0 Å². The number of carbonyl (C=O) groups excluding carboxylic acids is 1. The minimum Gasteiger partial charge on any atom is -0.342 e. The highest BCUT2D eigenvalue weighted by Gasteiger charge is 2.20. The number of likely N-dealkylation sites (N-methyl/N-ethyl adjacent to an activating group) is 1. The van der Waals surface area contributed by atoms with Crippen LogP contribution in [0.5, 0.6) is 0 Å². The van der Waals surface area contributed by atoms with Gasteiger partial charge in [-0.25, -0.2) is 0 Å². The Morgan fingerprint density at radius 3 is 2.64 bits per heavy atom. The molecule has 0 saturated carbocycles. The van der Waals surface area contributed by atoms with Crippen LogP contribution in [0.4, 0.5) is 0 Å². The molecule has 0 saturated heterocycles. The summed E-state index contributed by atoms with van der Waals surface area (Å²) in [5.41, 5.74) is 0.971. The van der Waals surface area contributed by atoms with Crippen molar-refractivity contribution in [3.05, 3.63) is 11.6 Å². The zero-order chi connectivity index (χ0) is 8.43. The summed E-state index contributed by atoms with van der Waals surface area (Å²) in [6, 6.07) is 0. The van der Waals surface area contributed by atoms with Crippen molar-refractivity contribution in [2.75, 3.05) is 13.6 Å². The third-order valence-electron chi connectivity index (χ3n) is 2.04. The van der Waals surface area contributed by atoms with Crippen molar-refractivity contribution >= 4 is 5.91 Å². The van der Waals surface area contributed by atoms with Gasteiger partial charge in [0.25, 0.3) is 0 Å². The molecule has 0 aliphatic carbocycles. The summed E-state index contributed by atoms with van der Waals surface area (Å²) in [5, 5.41) is 0. The molecule has 1 rings (SSSR count). The molecular formula is C9H15NO. The number of nitrogens with zero attached hydrogens (tertiary/aromatic N) is 1. The quantitative estimate of drug-likeness (QED) is 0.558. The van der Waals surface area contributed by atoms with Crippen LogP contribution in [-0.2, 0) is 4.79 Å². The van der Waals surface area contributed by atoms with E-state index in [1.807, 2.05) is 7.05 Å². The lowest BCUT2D eigenvalue weighted by Crippen LogP contribution is -2.33. The first-order valence-corrected chi connectivity index (χ1v) is 4.08. The predicted octanol–water partition coefficient (Wildman–Crippen LogP) is 1.43. The third-order valence-corrected chi connectivity index (χ3v) is 2.04. The summed E-state index contributed by atoms with van der Waals surface area (Å²) in [4.78, 5) is 13.2. The molecule has 0 N–H and O–H groups in total. The SMILES string of the molecule is CC(C)C1=CCCN(C)C1=O. The van der Waals surface area contributed by atoms with Crippen molar-refractivity contribution in [1.82, 2.24) is 4.90 Å². The first-order chi connectivity index (χ1) is 5.13. The molecule has 1 aliphatic rings. The molecule has 0 aromatic carbocycles. The van der Waals surface area contributed by atoms with Gasteiger partial charge < -0.3 is 4.90 Å². The fourth-order valence-electron chi connectivity index (χ4n) is 1.31. The highest BCUT2D eigenvalue weighted by atomic mass is 16.2. The molecule has 0 unspecified atom stereocenters. The Balaban J connectivity index is 2.78. The van der Waals surface area contributed by atoms with Crippen LogP contribution >= 0.6 is 0 Å². The Labute approximate surface area is 67.9 Å². The fourth-order valence-corrected chi connectivity index (χ4v) is 1.31. The van der Waals surface area contributed by atoms with Gasteiger partial charge in [0.15, 0.2) is 0 Å². The maximum atomic E-state index is 11.4. The molecule has 11 heavy (non-hydrogen) atoms. The second-order valence-corrected chi connectivity index (χ2v) is 3.33. The van der Waals surface area contributed by atoms with Crippen LogP contribution in [-0.4, -0.2) is 24.4 Å². The van der Waals surface area contributed by atoms with Gasteiger partial charge in [-0.15, -0.1) is 0 Å². The van der Waals surface area contributed by atoms with Crippen LogP contribution in [0.2, 0.25) is 0 Å². The summed E-state index contributed by atoms with van der Waals surface area (Å²) in [7, 11) is 1.86. The number of carbonyl (C=O) groups is 1. The Morgan fingerprint density at radius 2 is 2.18 bits per heavy atom. The van der Waals surface area contributed by atoms with Crippen molar-refractivity contribution in [2.45, 2.75) is 20.3 Å². The van der Waals surface area contributed by atoms with Gasteiger partial charge in [-0.1, -0.05) is 19.9 Å². The Kier molecular flexibility index (Phi) is 2.32. The molecule has 0 fully saturated rings. The van der Waals surface area contributed by atoms with E-state index in [1.54, 1.807) is 4.90 Å². The normalized spacial score (nSPS) is 19.1. The smallest absolute Gasteiger partial charge is 0.249 e. The molecular weight excluding hydrogens is 138 g/mol. The third kappa shape index (κ3) is 1.62. The molecule has 0 aromatic rings. The second-order valence-electron chi connectivity index (χ2n) is 3.33. The van der Waals surface area contributed by atoms with Gasteiger partial charge in [0.05, 0.1) is 0 Å². The van der Waals surface area contributed by atoms with E-state index in [4.69, 9.17) is 0 Å². The molecule has 1 heterocycles. The Bertz CT molecular complexity index is 194. The molecule has 0 radical (unpaired) electrons. The van der Waals surface area contributed by atoms with Gasteiger partial charge in [0, 0.05) is 19.2 Å². The Morgan fingerprint density at radius 1 is 1.55 bits per heavy atom. The molecule has 0 aromatic heterocycles. The van der Waals surface area contributed by atoms with E-state index in [1.165, 1.54) is 0 Å². The van der Waals surface area contributed by atoms with E-state index in [0.29, 0.717) is 5.92 Å². The van der Waals surface area contributed by atoms with E-state index in [-0.39, 0.29) is 5.91 Å². The highest BCUT2D eigenvalue weighted by molar-refractivity contribution is 5.94. The van der Waals surface area contributed by atoms with Crippen LogP contribution in [0.15, 0.2) is 11.6 Å². The fraction of sp³-hybridized carbons (Fsp3) is 0.667. The maximum Gasteiger partial charge on any atom is 0.249 e. The van der Waals surface area contributed by atoms with Crippen molar-refractivity contribution in [2.24, 2.45) is 5.92 Å². The van der Waals surface area contributed by atoms with Crippen LogP contribution in [0.1, 0.15) is 20.3 Å². The monoisotopic (exact) mass is 153 g/mol. The van der Waals surface area contributed by atoms with Crippen molar-refractivity contribution in [3.63, 3.8) is 0 Å². The van der Waals surface area contributed by atoms with Crippen LogP contribution in [0.25, 0.3) is 0 Å². The molecule has 2 heteroatoms. The number of rotatable bonds is 1.